The third kappa shape index (κ3) is 3.13. The van der Waals surface area contributed by atoms with E-state index in [1.165, 1.54) is 6.07 Å². The predicted octanol–water partition coefficient (Wildman–Crippen LogP) is 5.18. The molecule has 0 aliphatic heterocycles. The van der Waals surface area contributed by atoms with E-state index < -0.39 is 0 Å². The number of nitro groups is 1. The molecule has 27 heavy (non-hydrogen) atoms. The molecule has 0 spiro atoms. The molecule has 0 atom stereocenters. The first-order chi connectivity index (χ1) is 13.0. The molecule has 0 amide bonds. The van der Waals surface area contributed by atoms with Crippen LogP contribution >= 0.6 is 11.3 Å². The van der Waals surface area contributed by atoms with Crippen molar-refractivity contribution in [3.63, 3.8) is 0 Å². The lowest BCUT2D eigenvalue weighted by atomic mass is 10.1. The summed E-state index contributed by atoms with van der Waals surface area (Å²) >= 11 is 1.60. The van der Waals surface area contributed by atoms with E-state index in [1.54, 1.807) is 41.8 Å². The van der Waals surface area contributed by atoms with E-state index >= 15 is 0 Å². The van der Waals surface area contributed by atoms with Crippen molar-refractivity contribution >= 4 is 40.1 Å². The Morgan fingerprint density at radius 2 is 2.04 bits per heavy atom. The van der Waals surface area contributed by atoms with Crippen molar-refractivity contribution in [3.05, 3.63) is 80.7 Å². The molecule has 0 saturated heterocycles. The first kappa shape index (κ1) is 17.1. The van der Waals surface area contributed by atoms with E-state index in [1.807, 2.05) is 17.5 Å². The molecule has 0 aliphatic carbocycles. The van der Waals surface area contributed by atoms with E-state index in [-0.39, 0.29) is 10.6 Å². The average Bonchev–Trinajstić information content (AvgIpc) is 3.27. The first-order valence-corrected chi connectivity index (χ1v) is 9.23. The molecule has 7 heteroatoms. The monoisotopic (exact) mass is 376 g/mol. The zero-order valence-corrected chi connectivity index (χ0v) is 15.6. The van der Waals surface area contributed by atoms with Crippen molar-refractivity contribution in [2.24, 2.45) is 0 Å². The lowest BCUT2D eigenvalue weighted by Crippen LogP contribution is -1.97. The molecule has 3 aromatic heterocycles. The number of rotatable bonds is 4. The topological polar surface area (TPSA) is 73.8 Å². The number of hydrogen-bond donors (Lipinski definition) is 0. The molecule has 0 fully saturated rings. The van der Waals surface area contributed by atoms with Crippen LogP contribution in [0.4, 0.5) is 5.69 Å². The number of pyridine rings is 1. The van der Waals surface area contributed by atoms with Crippen molar-refractivity contribution in [2.75, 3.05) is 0 Å². The van der Waals surface area contributed by atoms with Gasteiger partial charge in [0.2, 0.25) is 0 Å². The number of aryl methyl sites for hydroxylation is 1. The number of non-ortho nitro benzene ring substituents is 1. The molecule has 0 radical (unpaired) electrons. The number of nitro benzene ring substituents is 1. The van der Waals surface area contributed by atoms with Gasteiger partial charge in [0.1, 0.15) is 0 Å². The lowest BCUT2D eigenvalue weighted by molar-refractivity contribution is -0.383. The van der Waals surface area contributed by atoms with Gasteiger partial charge in [-0.15, -0.1) is 11.3 Å². The van der Waals surface area contributed by atoms with Gasteiger partial charge in [-0.05, 0) is 49.8 Å². The van der Waals surface area contributed by atoms with Crippen LogP contribution in [0, 0.1) is 24.0 Å². The number of fused-ring (bicyclic) bond motifs is 1. The van der Waals surface area contributed by atoms with Gasteiger partial charge in [0.25, 0.3) is 5.69 Å². The Morgan fingerprint density at radius 1 is 1.19 bits per heavy atom. The Balaban J connectivity index is 1.70. The highest BCUT2D eigenvalue weighted by Crippen LogP contribution is 2.26. The van der Waals surface area contributed by atoms with E-state index in [2.05, 4.69) is 34.4 Å². The minimum Gasteiger partial charge on any atom is -0.294 e. The normalized spacial score (nSPS) is 11.5. The minimum atomic E-state index is -0.382. The van der Waals surface area contributed by atoms with E-state index in [0.29, 0.717) is 10.9 Å². The van der Waals surface area contributed by atoms with Crippen molar-refractivity contribution in [1.29, 1.82) is 0 Å². The quantitative estimate of drug-likeness (QED) is 0.363. The molecule has 0 unspecified atom stereocenters. The molecule has 4 rings (SSSR count). The Kier molecular flexibility index (Phi) is 4.29. The maximum absolute atomic E-state index is 11.1. The van der Waals surface area contributed by atoms with Gasteiger partial charge in [0.15, 0.2) is 5.13 Å². The number of hydrogen-bond acceptors (Lipinski definition) is 5. The molecule has 6 nitrogen and oxygen atoms in total. The van der Waals surface area contributed by atoms with Crippen LogP contribution in [-0.2, 0) is 0 Å². The van der Waals surface area contributed by atoms with Crippen LogP contribution in [0.15, 0.2) is 48.0 Å². The fourth-order valence-corrected chi connectivity index (χ4v) is 3.91. The fourth-order valence-electron chi connectivity index (χ4n) is 3.16. The smallest absolute Gasteiger partial charge is 0.278 e. The summed E-state index contributed by atoms with van der Waals surface area (Å²) in [7, 11) is 0. The number of nitrogens with zero attached hydrogens (tertiary/aromatic N) is 4. The highest BCUT2D eigenvalue weighted by molar-refractivity contribution is 7.12. The molecule has 0 N–H and O–H groups in total. The largest absolute Gasteiger partial charge is 0.294 e. The maximum atomic E-state index is 11.1. The van der Waals surface area contributed by atoms with E-state index in [9.17, 15) is 10.1 Å². The van der Waals surface area contributed by atoms with Crippen molar-refractivity contribution < 1.29 is 4.92 Å². The molecule has 0 aliphatic rings. The SMILES string of the molecule is Cc1cc(/C=C/c2ccc3c([N+](=O)[O-])cccc3n2)c(C)n1-c1nccs1. The van der Waals surface area contributed by atoms with Gasteiger partial charge in [-0.2, -0.15) is 0 Å². The third-order valence-electron chi connectivity index (χ3n) is 4.44. The number of aromatic nitrogens is 3. The second kappa shape index (κ2) is 6.77. The summed E-state index contributed by atoms with van der Waals surface area (Å²) in [5.74, 6) is 0. The summed E-state index contributed by atoms with van der Waals surface area (Å²) < 4.78 is 2.13. The summed E-state index contributed by atoms with van der Waals surface area (Å²) in [6.45, 7) is 4.12. The molecular formula is C20H16N4O2S. The second-order valence-electron chi connectivity index (χ2n) is 6.15. The zero-order valence-electron chi connectivity index (χ0n) is 14.8. The molecule has 4 aromatic rings. The van der Waals surface area contributed by atoms with Gasteiger partial charge in [0.05, 0.1) is 21.5 Å². The van der Waals surface area contributed by atoms with Crippen molar-refractivity contribution in [3.8, 4) is 5.13 Å². The standard InChI is InChI=1S/C20H16N4O2S/c1-13-12-15(14(2)23(13)20-21-10-11-27-20)6-7-16-8-9-17-18(22-16)4-3-5-19(17)24(25)26/h3-12H,1-2H3/b7-6+. The van der Waals surface area contributed by atoms with Gasteiger partial charge in [-0.3, -0.25) is 14.7 Å². The first-order valence-electron chi connectivity index (χ1n) is 8.35. The number of benzene rings is 1. The molecule has 3 heterocycles. The summed E-state index contributed by atoms with van der Waals surface area (Å²) in [6, 6.07) is 10.6. The Labute approximate surface area is 159 Å². The van der Waals surface area contributed by atoms with Crippen LogP contribution in [-0.4, -0.2) is 19.5 Å². The summed E-state index contributed by atoms with van der Waals surface area (Å²) in [5.41, 5.74) is 4.74. The van der Waals surface area contributed by atoms with Crippen molar-refractivity contribution in [2.45, 2.75) is 13.8 Å². The van der Waals surface area contributed by atoms with Gasteiger partial charge < -0.3 is 0 Å². The summed E-state index contributed by atoms with van der Waals surface area (Å²) in [6.07, 6.45) is 5.73. The Bertz CT molecular complexity index is 1180. The zero-order chi connectivity index (χ0) is 19.0. The fraction of sp³-hybridized carbons (Fsp3) is 0.100. The van der Waals surface area contributed by atoms with Crippen LogP contribution in [0.5, 0.6) is 0 Å². The van der Waals surface area contributed by atoms with E-state index in [0.717, 1.165) is 27.8 Å². The van der Waals surface area contributed by atoms with Crippen LogP contribution < -0.4 is 0 Å². The predicted molar refractivity (Wildman–Crippen MR) is 108 cm³/mol. The summed E-state index contributed by atoms with van der Waals surface area (Å²) in [5, 5.41) is 14.6. The van der Waals surface area contributed by atoms with Crippen molar-refractivity contribution in [1.82, 2.24) is 14.5 Å². The van der Waals surface area contributed by atoms with E-state index in [4.69, 9.17) is 0 Å². The van der Waals surface area contributed by atoms with Crippen LogP contribution in [0.2, 0.25) is 0 Å². The summed E-state index contributed by atoms with van der Waals surface area (Å²) in [4.78, 5) is 19.7. The van der Waals surface area contributed by atoms with Crippen LogP contribution in [0.1, 0.15) is 22.6 Å². The third-order valence-corrected chi connectivity index (χ3v) is 5.20. The maximum Gasteiger partial charge on any atom is 0.278 e. The molecule has 0 saturated carbocycles. The van der Waals surface area contributed by atoms with Gasteiger partial charge in [0, 0.05) is 29.0 Å². The van der Waals surface area contributed by atoms with Gasteiger partial charge in [-0.1, -0.05) is 12.1 Å². The minimum absolute atomic E-state index is 0.0718. The van der Waals surface area contributed by atoms with Gasteiger partial charge in [-0.25, -0.2) is 9.97 Å². The second-order valence-corrected chi connectivity index (χ2v) is 7.02. The Morgan fingerprint density at radius 3 is 2.78 bits per heavy atom. The lowest BCUT2D eigenvalue weighted by Gasteiger charge is -2.04. The molecule has 134 valence electrons. The number of thiazole rings is 1. The molecule has 1 aromatic carbocycles. The highest BCUT2D eigenvalue weighted by atomic mass is 32.1. The highest BCUT2D eigenvalue weighted by Gasteiger charge is 2.12. The Hall–Kier alpha value is -3.32. The molecule has 0 bridgehead atoms. The van der Waals surface area contributed by atoms with Crippen LogP contribution in [0.3, 0.4) is 0 Å². The average molecular weight is 376 g/mol. The van der Waals surface area contributed by atoms with Crippen LogP contribution in [0.25, 0.3) is 28.2 Å². The van der Waals surface area contributed by atoms with Gasteiger partial charge >= 0.3 is 0 Å². The molecular weight excluding hydrogens is 360 g/mol.